The monoisotopic (exact) mass is 778 g/mol. The maximum atomic E-state index is 16.4. The van der Waals surface area contributed by atoms with Crippen molar-refractivity contribution in [1.82, 2.24) is 40.4 Å². The Kier molecular flexibility index (Phi) is 8.93. The highest BCUT2D eigenvalue weighted by molar-refractivity contribution is 5.88. The Morgan fingerprint density at radius 3 is 2.23 bits per heavy atom. The van der Waals surface area contributed by atoms with Gasteiger partial charge in [-0.05, 0) is 84.5 Å². The standard InChI is InChI=1S/C41H40F2N8O6/c1-56-39(54)45-19-34(52)50-13-3-4-33(50)37-44-18-32(49-37)23-7-11-27-26-10-6-21(15-28(26)41(42,43)29(27)16-23)22-8-12-30-31(17-22)48-38(47-30)36-24-5-9-25(14-24)51(36)35(53)20-46-40(55)57-2/h6-8,10-12,15-18,24-25,33,36H,3-5,9,13-14,19-20H2,1-2H3,(H,44,49)(H,45,54)(H,46,55)(H,47,48)/t24-,25+,33?,36-/m0/s1. The maximum absolute atomic E-state index is 16.4. The normalized spacial score (nSPS) is 21.4. The van der Waals surface area contributed by atoms with Crippen LogP contribution in [0.25, 0.3) is 44.5 Å². The second-order valence-electron chi connectivity index (χ2n) is 15.0. The van der Waals surface area contributed by atoms with E-state index in [0.717, 1.165) is 36.8 Å². The van der Waals surface area contributed by atoms with Gasteiger partial charge < -0.3 is 39.9 Å². The second-order valence-corrected chi connectivity index (χ2v) is 15.0. The highest BCUT2D eigenvalue weighted by Crippen LogP contribution is 2.53. The van der Waals surface area contributed by atoms with Crippen LogP contribution in [0.5, 0.6) is 0 Å². The predicted molar refractivity (Wildman–Crippen MR) is 203 cm³/mol. The first-order chi connectivity index (χ1) is 27.5. The SMILES string of the molecule is COC(=O)NCC(=O)N1CCCC1c1ncc(-c2ccc3c(c2)C(F)(F)c2cc(-c4ccc5nc([C@@H]6[C@H]7CC[C@H](C7)N6C(=O)CNC(=O)OC)[nH]c5c4)ccc2-3)[nH]1. The number of piperidine rings is 1. The minimum atomic E-state index is -3.27. The van der Waals surface area contributed by atoms with E-state index in [4.69, 9.17) is 4.98 Å². The summed E-state index contributed by atoms with van der Waals surface area (Å²) in [5.74, 6) is -2.29. The molecule has 2 aliphatic heterocycles. The van der Waals surface area contributed by atoms with Crippen molar-refractivity contribution in [2.24, 2.45) is 5.92 Å². The van der Waals surface area contributed by atoms with Crippen LogP contribution in [-0.2, 0) is 25.0 Å². The van der Waals surface area contributed by atoms with Gasteiger partial charge in [-0.3, -0.25) is 9.59 Å². The van der Waals surface area contributed by atoms with Gasteiger partial charge in [0.05, 0.1) is 49.2 Å². The van der Waals surface area contributed by atoms with Crippen molar-refractivity contribution in [3.05, 3.63) is 83.6 Å². The first-order valence-corrected chi connectivity index (χ1v) is 19.0. The minimum absolute atomic E-state index is 0.0742. The number of hydrogen-bond acceptors (Lipinski definition) is 8. The number of nitrogens with zero attached hydrogens (tertiary/aromatic N) is 4. The molecular weight excluding hydrogens is 738 g/mol. The van der Waals surface area contributed by atoms with Crippen LogP contribution < -0.4 is 10.6 Å². The van der Waals surface area contributed by atoms with Gasteiger partial charge in [-0.1, -0.05) is 30.3 Å². The number of likely N-dealkylation sites (tertiary alicyclic amines) is 2. The molecule has 4 atom stereocenters. The van der Waals surface area contributed by atoms with Crippen molar-refractivity contribution in [3.8, 4) is 33.5 Å². The topological polar surface area (TPSA) is 175 Å². The number of aromatic amines is 2. The molecule has 4 N–H and O–H groups in total. The molecule has 16 heteroatoms. The van der Waals surface area contributed by atoms with Crippen LogP contribution in [0, 0.1) is 5.92 Å². The Bertz CT molecular complexity index is 2450. The molecule has 2 aromatic heterocycles. The lowest BCUT2D eigenvalue weighted by molar-refractivity contribution is -0.135. The van der Waals surface area contributed by atoms with Crippen molar-refractivity contribution in [2.45, 2.75) is 56.2 Å². The number of aromatic nitrogens is 4. The molecule has 4 amide bonds. The lowest BCUT2D eigenvalue weighted by Crippen LogP contribution is -2.45. The van der Waals surface area contributed by atoms with Gasteiger partial charge in [0, 0.05) is 29.3 Å². The van der Waals surface area contributed by atoms with Crippen LogP contribution in [0.2, 0.25) is 0 Å². The van der Waals surface area contributed by atoms with E-state index in [2.05, 4.69) is 35.1 Å². The number of carbonyl (C=O) groups excluding carboxylic acids is 4. The first-order valence-electron chi connectivity index (χ1n) is 19.0. The van der Waals surface area contributed by atoms with Crippen molar-refractivity contribution in [3.63, 3.8) is 0 Å². The quantitative estimate of drug-likeness (QED) is 0.145. The van der Waals surface area contributed by atoms with Crippen LogP contribution in [0.15, 0.2) is 60.8 Å². The summed E-state index contributed by atoms with van der Waals surface area (Å²) in [6.45, 7) is 0.129. The van der Waals surface area contributed by atoms with E-state index in [-0.39, 0.29) is 60.1 Å². The zero-order chi connectivity index (χ0) is 39.6. The number of amides is 4. The fraction of sp³-hybridized carbons (Fsp3) is 0.366. The van der Waals surface area contributed by atoms with Crippen molar-refractivity contribution >= 4 is 35.0 Å². The van der Waals surface area contributed by atoms with Crippen LogP contribution in [-0.4, -0.2) is 93.6 Å². The van der Waals surface area contributed by atoms with Gasteiger partial charge in [0.25, 0.3) is 5.92 Å². The summed E-state index contributed by atoms with van der Waals surface area (Å²) in [7, 11) is 2.48. The van der Waals surface area contributed by atoms with Gasteiger partial charge >= 0.3 is 12.2 Å². The summed E-state index contributed by atoms with van der Waals surface area (Å²) in [5.41, 5.74) is 4.62. The lowest BCUT2D eigenvalue weighted by Gasteiger charge is -2.34. The van der Waals surface area contributed by atoms with E-state index in [1.165, 1.54) is 20.3 Å². The zero-order valence-corrected chi connectivity index (χ0v) is 31.2. The molecule has 2 saturated heterocycles. The maximum Gasteiger partial charge on any atom is 0.407 e. The number of alkyl carbamates (subject to hydrolysis) is 2. The number of methoxy groups -OCH3 is 2. The van der Waals surface area contributed by atoms with Gasteiger partial charge in [0.2, 0.25) is 11.8 Å². The fourth-order valence-corrected chi connectivity index (χ4v) is 9.25. The van der Waals surface area contributed by atoms with Crippen LogP contribution in [0.1, 0.15) is 67.0 Å². The van der Waals surface area contributed by atoms with Gasteiger partial charge in [-0.15, -0.1) is 0 Å². The largest absolute Gasteiger partial charge is 0.453 e. The Hall–Kier alpha value is -6.32. The fourth-order valence-electron chi connectivity index (χ4n) is 9.25. The molecule has 3 aromatic carbocycles. The molecule has 0 radical (unpaired) electrons. The lowest BCUT2D eigenvalue weighted by atomic mass is 9.98. The Morgan fingerprint density at radius 1 is 0.825 bits per heavy atom. The summed E-state index contributed by atoms with van der Waals surface area (Å²) >= 11 is 0. The summed E-state index contributed by atoms with van der Waals surface area (Å²) in [6, 6.07) is 15.2. The molecule has 4 heterocycles. The molecule has 1 saturated carbocycles. The summed E-state index contributed by atoms with van der Waals surface area (Å²) < 4.78 is 42.0. The third-order valence-electron chi connectivity index (χ3n) is 11.9. The Balaban J connectivity index is 0.945. The molecule has 4 aliphatic rings. The van der Waals surface area contributed by atoms with E-state index in [1.54, 1.807) is 35.4 Å². The second kappa shape index (κ2) is 14.0. The number of carbonyl (C=O) groups is 4. The molecular formula is C41H40F2N8O6. The molecule has 57 heavy (non-hydrogen) atoms. The molecule has 3 fully saturated rings. The number of fused-ring (bicyclic) bond motifs is 6. The van der Waals surface area contributed by atoms with Gasteiger partial charge in [-0.2, -0.15) is 8.78 Å². The number of alkyl halides is 2. The summed E-state index contributed by atoms with van der Waals surface area (Å²) in [6.07, 6.45) is 4.40. The van der Waals surface area contributed by atoms with Crippen LogP contribution >= 0.6 is 0 Å². The molecule has 9 rings (SSSR count). The molecule has 0 spiro atoms. The van der Waals surface area contributed by atoms with Crippen molar-refractivity contribution < 1.29 is 37.4 Å². The highest BCUT2D eigenvalue weighted by atomic mass is 19.3. The smallest absolute Gasteiger partial charge is 0.407 e. The number of nitrogens with one attached hydrogen (secondary N) is 4. The molecule has 5 aromatic rings. The minimum Gasteiger partial charge on any atom is -0.453 e. The first kappa shape index (κ1) is 36.3. The van der Waals surface area contributed by atoms with Crippen LogP contribution in [0.3, 0.4) is 0 Å². The Labute approximate surface area is 325 Å². The zero-order valence-electron chi connectivity index (χ0n) is 31.2. The van der Waals surface area contributed by atoms with Crippen LogP contribution in [0.4, 0.5) is 18.4 Å². The number of rotatable bonds is 8. The highest BCUT2D eigenvalue weighted by Gasteiger charge is 2.50. The molecule has 1 unspecified atom stereocenters. The number of hydrogen-bond donors (Lipinski definition) is 4. The molecule has 294 valence electrons. The third kappa shape index (κ3) is 6.23. The molecule has 2 bridgehead atoms. The third-order valence-corrected chi connectivity index (χ3v) is 11.9. The van der Waals surface area contributed by atoms with E-state index in [9.17, 15) is 19.2 Å². The molecule has 14 nitrogen and oxygen atoms in total. The average molecular weight is 779 g/mol. The number of ether oxygens (including phenoxy) is 2. The van der Waals surface area contributed by atoms with E-state index in [0.29, 0.717) is 58.1 Å². The number of halogens is 2. The number of H-pyrrole nitrogens is 2. The molecule has 2 aliphatic carbocycles. The summed E-state index contributed by atoms with van der Waals surface area (Å²) in [5, 5.41) is 4.91. The van der Waals surface area contributed by atoms with E-state index < -0.39 is 18.1 Å². The van der Waals surface area contributed by atoms with Crippen molar-refractivity contribution in [1.29, 1.82) is 0 Å². The summed E-state index contributed by atoms with van der Waals surface area (Å²) in [4.78, 5) is 68.8. The Morgan fingerprint density at radius 2 is 1.49 bits per heavy atom. The predicted octanol–water partition coefficient (Wildman–Crippen LogP) is 6.17. The van der Waals surface area contributed by atoms with E-state index >= 15 is 8.78 Å². The number of imidazole rings is 2. The van der Waals surface area contributed by atoms with Gasteiger partial charge in [0.1, 0.15) is 24.7 Å². The van der Waals surface area contributed by atoms with Gasteiger partial charge in [-0.25, -0.2) is 19.6 Å². The van der Waals surface area contributed by atoms with Crippen molar-refractivity contribution in [2.75, 3.05) is 33.9 Å². The van der Waals surface area contributed by atoms with Gasteiger partial charge in [0.15, 0.2) is 0 Å². The average Bonchev–Trinajstić information content (AvgIpc) is 4.09. The number of benzene rings is 3. The van der Waals surface area contributed by atoms with E-state index in [1.807, 2.05) is 29.2 Å².